The molecule has 0 saturated carbocycles. The van der Waals surface area contributed by atoms with Crippen LogP contribution in [0.15, 0.2) is 48.5 Å². The molecule has 0 bridgehead atoms. The monoisotopic (exact) mass is 326 g/mol. The molecular formula is C20H22S2. The van der Waals surface area contributed by atoms with Gasteiger partial charge >= 0.3 is 0 Å². The van der Waals surface area contributed by atoms with Gasteiger partial charge in [-0.3, -0.25) is 0 Å². The molecular weight excluding hydrogens is 304 g/mol. The second kappa shape index (κ2) is 8.98. The molecule has 0 aliphatic heterocycles. The zero-order valence-electron chi connectivity index (χ0n) is 13.4. The highest BCUT2D eigenvalue weighted by molar-refractivity contribution is 8.16. The zero-order chi connectivity index (χ0) is 15.8. The number of hydrogen-bond acceptors (Lipinski definition) is 2. The third-order valence-electron chi connectivity index (χ3n) is 3.24. The Hall–Kier alpha value is -1.30. The summed E-state index contributed by atoms with van der Waals surface area (Å²) < 4.78 is 0.471. The number of hydrogen-bond donors (Lipinski definition) is 0. The van der Waals surface area contributed by atoms with E-state index in [4.69, 9.17) is 0 Å². The van der Waals surface area contributed by atoms with Crippen LogP contribution in [0.25, 0.3) is 0 Å². The van der Waals surface area contributed by atoms with Crippen LogP contribution in [0.5, 0.6) is 0 Å². The van der Waals surface area contributed by atoms with E-state index >= 15 is 0 Å². The van der Waals surface area contributed by atoms with E-state index in [2.05, 4.69) is 81.1 Å². The maximum atomic E-state index is 3.37. The molecule has 0 aliphatic rings. The average molecular weight is 327 g/mol. The molecule has 2 aromatic carbocycles. The first-order valence-electron chi connectivity index (χ1n) is 7.65. The smallest absolute Gasteiger partial charge is 0.0763 e. The normalized spacial score (nSPS) is 10.4. The van der Waals surface area contributed by atoms with Crippen LogP contribution in [0.1, 0.15) is 40.7 Å². The molecule has 0 fully saturated rings. The number of thioether (sulfide) groups is 2. The van der Waals surface area contributed by atoms with Crippen LogP contribution in [-0.4, -0.2) is 11.5 Å². The Morgan fingerprint density at radius 3 is 2.14 bits per heavy atom. The van der Waals surface area contributed by atoms with Crippen LogP contribution < -0.4 is 0 Å². The third kappa shape index (κ3) is 4.87. The molecule has 0 N–H and O–H groups in total. The maximum Gasteiger partial charge on any atom is 0.0763 e. The van der Waals surface area contributed by atoms with Gasteiger partial charge in [0.25, 0.3) is 0 Å². The predicted octanol–water partition coefficient (Wildman–Crippen LogP) is 5.90. The topological polar surface area (TPSA) is 0 Å². The molecule has 2 heteroatoms. The van der Waals surface area contributed by atoms with E-state index in [0.29, 0.717) is 4.58 Å². The van der Waals surface area contributed by atoms with E-state index in [1.165, 1.54) is 11.1 Å². The summed E-state index contributed by atoms with van der Waals surface area (Å²) in [5, 5.41) is 0. The lowest BCUT2D eigenvalue weighted by atomic mass is 10.1. The number of rotatable bonds is 5. The molecule has 0 amide bonds. The Morgan fingerprint density at radius 2 is 1.50 bits per heavy atom. The van der Waals surface area contributed by atoms with E-state index in [-0.39, 0.29) is 0 Å². The highest BCUT2D eigenvalue weighted by atomic mass is 32.2. The van der Waals surface area contributed by atoms with Crippen molar-refractivity contribution in [3.8, 4) is 11.8 Å². The highest BCUT2D eigenvalue weighted by Crippen LogP contribution is 2.40. The van der Waals surface area contributed by atoms with Crippen molar-refractivity contribution in [2.24, 2.45) is 0 Å². The van der Waals surface area contributed by atoms with Crippen molar-refractivity contribution in [2.45, 2.75) is 25.4 Å². The fourth-order valence-electron chi connectivity index (χ4n) is 2.12. The van der Waals surface area contributed by atoms with Crippen LogP contribution >= 0.6 is 23.5 Å². The van der Waals surface area contributed by atoms with E-state index in [1.54, 1.807) is 0 Å². The summed E-state index contributed by atoms with van der Waals surface area (Å²) >= 11 is 3.97. The first-order valence-corrected chi connectivity index (χ1v) is 9.75. The van der Waals surface area contributed by atoms with Crippen molar-refractivity contribution in [3.63, 3.8) is 0 Å². The fourth-order valence-corrected chi connectivity index (χ4v) is 4.70. The van der Waals surface area contributed by atoms with Gasteiger partial charge in [-0.15, -0.1) is 23.5 Å². The van der Waals surface area contributed by atoms with E-state index in [0.717, 1.165) is 22.6 Å². The molecule has 0 unspecified atom stereocenters. The van der Waals surface area contributed by atoms with E-state index in [1.807, 2.05) is 23.5 Å². The van der Waals surface area contributed by atoms with Crippen LogP contribution in [0.3, 0.4) is 0 Å². The number of aryl methyl sites for hydroxylation is 1. The second-order valence-electron chi connectivity index (χ2n) is 4.95. The Bertz CT molecular complexity index is 641. The predicted molar refractivity (Wildman–Crippen MR) is 103 cm³/mol. The first-order chi connectivity index (χ1) is 10.7. The van der Waals surface area contributed by atoms with Gasteiger partial charge in [0.1, 0.15) is 0 Å². The molecule has 0 aromatic heterocycles. The average Bonchev–Trinajstić information content (AvgIpc) is 2.54. The largest absolute Gasteiger partial charge is 0.143 e. The van der Waals surface area contributed by atoms with Crippen molar-refractivity contribution in [2.75, 3.05) is 11.5 Å². The fraction of sp³-hybridized carbons (Fsp3) is 0.300. The van der Waals surface area contributed by atoms with Gasteiger partial charge in [-0.2, -0.15) is 0 Å². The zero-order valence-corrected chi connectivity index (χ0v) is 15.1. The molecule has 114 valence electrons. The highest BCUT2D eigenvalue weighted by Gasteiger charge is 2.13. The van der Waals surface area contributed by atoms with Crippen LogP contribution in [-0.2, 0) is 0 Å². The Morgan fingerprint density at radius 1 is 0.864 bits per heavy atom. The van der Waals surface area contributed by atoms with Gasteiger partial charge in [0, 0.05) is 11.1 Å². The molecule has 22 heavy (non-hydrogen) atoms. The summed E-state index contributed by atoms with van der Waals surface area (Å²) in [4.78, 5) is 0. The van der Waals surface area contributed by atoms with Gasteiger partial charge < -0.3 is 0 Å². The van der Waals surface area contributed by atoms with Gasteiger partial charge in [0.15, 0.2) is 0 Å². The van der Waals surface area contributed by atoms with Crippen LogP contribution in [0.2, 0.25) is 0 Å². The van der Waals surface area contributed by atoms with Crippen molar-refractivity contribution >= 4 is 23.5 Å². The van der Waals surface area contributed by atoms with Crippen LogP contribution in [0, 0.1) is 18.8 Å². The van der Waals surface area contributed by atoms with Crippen molar-refractivity contribution in [3.05, 3.63) is 70.8 Å². The summed E-state index contributed by atoms with van der Waals surface area (Å²) in [7, 11) is 0. The van der Waals surface area contributed by atoms with E-state index < -0.39 is 0 Å². The summed E-state index contributed by atoms with van der Waals surface area (Å²) in [6.07, 6.45) is 0. The Balaban J connectivity index is 2.30. The quantitative estimate of drug-likeness (QED) is 0.495. The molecule has 0 nitrogen and oxygen atoms in total. The standard InChI is InChI=1S/C20H22S2/c1-4-21-20(22-5-2)19-9-7-6-8-18(19)15-14-17-12-10-16(3)11-13-17/h6-13,20H,4-5H2,1-3H3. The lowest BCUT2D eigenvalue weighted by Crippen LogP contribution is -1.95. The van der Waals surface area contributed by atoms with Crippen LogP contribution in [0.4, 0.5) is 0 Å². The molecule has 0 heterocycles. The lowest BCUT2D eigenvalue weighted by Gasteiger charge is -2.16. The van der Waals surface area contributed by atoms with Gasteiger partial charge in [-0.05, 0) is 42.2 Å². The molecule has 0 atom stereocenters. The van der Waals surface area contributed by atoms with Crippen molar-refractivity contribution in [1.29, 1.82) is 0 Å². The summed E-state index contributed by atoms with van der Waals surface area (Å²) in [5.41, 5.74) is 4.84. The molecule has 0 radical (unpaired) electrons. The lowest BCUT2D eigenvalue weighted by molar-refractivity contribution is 1.33. The SMILES string of the molecule is CCSC(SCC)c1ccccc1C#Cc1ccc(C)cc1. The molecule has 2 rings (SSSR count). The Kier molecular flexibility index (Phi) is 6.96. The molecule has 0 saturated heterocycles. The van der Waals surface area contributed by atoms with Gasteiger partial charge in [0.05, 0.1) is 4.58 Å². The second-order valence-corrected chi connectivity index (χ2v) is 8.01. The van der Waals surface area contributed by atoms with Crippen molar-refractivity contribution in [1.82, 2.24) is 0 Å². The van der Waals surface area contributed by atoms with Gasteiger partial charge in [0.2, 0.25) is 0 Å². The van der Waals surface area contributed by atoms with Crippen molar-refractivity contribution < 1.29 is 0 Å². The molecule has 0 aliphatic carbocycles. The minimum atomic E-state index is 0.471. The maximum absolute atomic E-state index is 3.37. The van der Waals surface area contributed by atoms with Gasteiger partial charge in [-0.25, -0.2) is 0 Å². The van der Waals surface area contributed by atoms with Gasteiger partial charge in [-0.1, -0.05) is 61.6 Å². The third-order valence-corrected chi connectivity index (χ3v) is 5.84. The molecule has 0 spiro atoms. The minimum Gasteiger partial charge on any atom is -0.143 e. The first kappa shape index (κ1) is 17.1. The number of benzene rings is 2. The summed E-state index contributed by atoms with van der Waals surface area (Å²) in [5.74, 6) is 8.91. The summed E-state index contributed by atoms with van der Waals surface area (Å²) in [6.45, 7) is 6.53. The molecule has 2 aromatic rings. The minimum absolute atomic E-state index is 0.471. The van der Waals surface area contributed by atoms with E-state index in [9.17, 15) is 0 Å². The summed E-state index contributed by atoms with van der Waals surface area (Å²) in [6, 6.07) is 16.9. The Labute approximate surface area is 143 Å².